The molecule has 3 aromatic rings. The van der Waals surface area contributed by atoms with Gasteiger partial charge in [-0.1, -0.05) is 18.2 Å². The number of nitrogens with zero attached hydrogens (tertiary/aromatic N) is 2. The van der Waals surface area contributed by atoms with Crippen LogP contribution in [-0.2, 0) is 10.0 Å². The second-order valence-corrected chi connectivity index (χ2v) is 6.85. The van der Waals surface area contributed by atoms with Crippen molar-refractivity contribution < 1.29 is 8.42 Å². The van der Waals surface area contributed by atoms with Gasteiger partial charge in [-0.05, 0) is 18.2 Å². The van der Waals surface area contributed by atoms with E-state index in [1.807, 2.05) is 0 Å². The highest BCUT2D eigenvalue weighted by Crippen LogP contribution is 2.25. The zero-order chi connectivity index (χ0) is 14.2. The van der Waals surface area contributed by atoms with Gasteiger partial charge in [-0.3, -0.25) is 0 Å². The minimum atomic E-state index is -3.56. The van der Waals surface area contributed by atoms with Gasteiger partial charge >= 0.3 is 0 Å². The van der Waals surface area contributed by atoms with Crippen LogP contribution in [0.4, 0.5) is 5.13 Å². The monoisotopic (exact) mass is 305 g/mol. The maximum atomic E-state index is 12.4. The van der Waals surface area contributed by atoms with Crippen LogP contribution in [0.3, 0.4) is 0 Å². The van der Waals surface area contributed by atoms with E-state index in [-0.39, 0.29) is 4.90 Å². The minimum Gasteiger partial charge on any atom is -0.375 e. The summed E-state index contributed by atoms with van der Waals surface area (Å²) in [6.45, 7) is 0. The third-order valence-electron chi connectivity index (χ3n) is 2.80. The van der Waals surface area contributed by atoms with Gasteiger partial charge in [0.2, 0.25) is 0 Å². The second-order valence-electron chi connectivity index (χ2n) is 4.12. The Morgan fingerprint density at radius 2 is 1.90 bits per heavy atom. The number of anilines is 1. The molecule has 2 aromatic heterocycles. The first-order chi connectivity index (χ1) is 9.57. The number of hydrogen-bond donors (Lipinski definition) is 1. The fourth-order valence-corrected chi connectivity index (χ4v) is 3.60. The first-order valence-electron chi connectivity index (χ1n) is 5.77. The average Bonchev–Trinajstić information content (AvgIpc) is 3.08. The van der Waals surface area contributed by atoms with E-state index in [0.29, 0.717) is 10.8 Å². The Morgan fingerprint density at radius 1 is 1.15 bits per heavy atom. The van der Waals surface area contributed by atoms with E-state index in [0.717, 1.165) is 5.56 Å². The molecule has 0 bridgehead atoms. The van der Waals surface area contributed by atoms with Gasteiger partial charge in [-0.2, -0.15) is 0 Å². The number of aromatic nitrogens is 2. The van der Waals surface area contributed by atoms with Gasteiger partial charge in [0.1, 0.15) is 0 Å². The molecule has 1 aromatic carbocycles. The normalized spacial score (nSPS) is 11.6. The summed E-state index contributed by atoms with van der Waals surface area (Å²) in [7, 11) is -3.56. The molecule has 0 aliphatic carbocycles. The molecule has 0 spiro atoms. The zero-order valence-corrected chi connectivity index (χ0v) is 11.9. The summed E-state index contributed by atoms with van der Waals surface area (Å²) in [4.78, 5) is 4.39. The number of benzene rings is 1. The van der Waals surface area contributed by atoms with E-state index in [1.54, 1.807) is 41.8 Å². The Kier molecular flexibility index (Phi) is 3.07. The smallest absolute Gasteiger partial charge is 0.267 e. The van der Waals surface area contributed by atoms with Crippen molar-refractivity contribution in [3.8, 4) is 11.3 Å². The molecule has 0 saturated heterocycles. The van der Waals surface area contributed by atoms with Crippen LogP contribution in [0.25, 0.3) is 11.3 Å². The molecule has 0 aliphatic rings. The number of nitrogen functional groups attached to an aromatic ring is 1. The van der Waals surface area contributed by atoms with Gasteiger partial charge in [0.15, 0.2) is 5.13 Å². The summed E-state index contributed by atoms with van der Waals surface area (Å²) in [6, 6.07) is 10.00. The molecule has 2 N–H and O–H groups in total. The molecule has 0 radical (unpaired) electrons. The van der Waals surface area contributed by atoms with Crippen LogP contribution in [0.5, 0.6) is 0 Å². The van der Waals surface area contributed by atoms with Crippen LogP contribution in [0.15, 0.2) is 59.1 Å². The van der Waals surface area contributed by atoms with Gasteiger partial charge < -0.3 is 5.73 Å². The molecule has 20 heavy (non-hydrogen) atoms. The highest BCUT2D eigenvalue weighted by Gasteiger charge is 2.17. The Labute approximate surface area is 120 Å². The second kappa shape index (κ2) is 4.77. The predicted molar refractivity (Wildman–Crippen MR) is 79.0 cm³/mol. The molecular weight excluding hydrogens is 294 g/mol. The van der Waals surface area contributed by atoms with E-state index >= 15 is 0 Å². The van der Waals surface area contributed by atoms with Crippen molar-refractivity contribution >= 4 is 26.5 Å². The third kappa shape index (κ3) is 2.21. The lowest BCUT2D eigenvalue weighted by Crippen LogP contribution is -2.10. The number of hydrogen-bond acceptors (Lipinski definition) is 5. The maximum Gasteiger partial charge on any atom is 0.267 e. The highest BCUT2D eigenvalue weighted by atomic mass is 32.2. The lowest BCUT2D eigenvalue weighted by Gasteiger charge is -2.04. The molecule has 0 fully saturated rings. The summed E-state index contributed by atoms with van der Waals surface area (Å²) in [5.41, 5.74) is 6.98. The Balaban J connectivity index is 2.02. The molecule has 2 heterocycles. The minimum absolute atomic E-state index is 0.250. The van der Waals surface area contributed by atoms with Crippen molar-refractivity contribution in [2.75, 3.05) is 5.73 Å². The fraction of sp³-hybridized carbons (Fsp3) is 0. The van der Waals surface area contributed by atoms with Gasteiger partial charge in [0.25, 0.3) is 10.0 Å². The molecule has 3 rings (SSSR count). The van der Waals surface area contributed by atoms with E-state index in [2.05, 4.69) is 4.98 Å². The lowest BCUT2D eigenvalue weighted by molar-refractivity contribution is 0.587. The summed E-state index contributed by atoms with van der Waals surface area (Å²) >= 11 is 1.32. The van der Waals surface area contributed by atoms with Crippen molar-refractivity contribution in [1.29, 1.82) is 0 Å². The van der Waals surface area contributed by atoms with Crippen molar-refractivity contribution in [2.45, 2.75) is 4.90 Å². The molecule has 0 unspecified atom stereocenters. The van der Waals surface area contributed by atoms with Gasteiger partial charge in [-0.25, -0.2) is 17.4 Å². The van der Waals surface area contributed by atoms with E-state index in [1.165, 1.54) is 27.7 Å². The molecule has 0 amide bonds. The van der Waals surface area contributed by atoms with Crippen LogP contribution >= 0.6 is 11.3 Å². The molecule has 102 valence electrons. The molecule has 5 nitrogen and oxygen atoms in total. The first kappa shape index (κ1) is 12.9. The summed E-state index contributed by atoms with van der Waals surface area (Å²) in [5, 5.41) is 2.25. The quantitative estimate of drug-likeness (QED) is 0.806. The molecule has 7 heteroatoms. The molecule has 0 saturated carbocycles. The topological polar surface area (TPSA) is 78.0 Å². The Morgan fingerprint density at radius 3 is 2.55 bits per heavy atom. The first-order valence-corrected chi connectivity index (χ1v) is 8.09. The number of thiazole rings is 1. The molecule has 0 aliphatic heterocycles. The standard InChI is InChI=1S/C13H11N3O2S2/c14-13-15-12(9-19-13)10-6-7-16(8-10)20(17,18)11-4-2-1-3-5-11/h1-9H,(H2,14,15). The van der Waals surface area contributed by atoms with Crippen molar-refractivity contribution in [2.24, 2.45) is 0 Å². The largest absolute Gasteiger partial charge is 0.375 e. The van der Waals surface area contributed by atoms with Gasteiger partial charge in [0.05, 0.1) is 10.6 Å². The SMILES string of the molecule is Nc1nc(-c2ccn(S(=O)(=O)c3ccccc3)c2)cs1. The van der Waals surface area contributed by atoms with Crippen LogP contribution in [0.2, 0.25) is 0 Å². The van der Waals surface area contributed by atoms with E-state index in [4.69, 9.17) is 5.73 Å². The summed E-state index contributed by atoms with van der Waals surface area (Å²) in [6.07, 6.45) is 3.05. The zero-order valence-electron chi connectivity index (χ0n) is 10.3. The highest BCUT2D eigenvalue weighted by molar-refractivity contribution is 7.90. The van der Waals surface area contributed by atoms with Gasteiger partial charge in [-0.15, -0.1) is 11.3 Å². The summed E-state index contributed by atoms with van der Waals surface area (Å²) in [5.74, 6) is 0. The van der Waals surface area contributed by atoms with E-state index in [9.17, 15) is 8.42 Å². The van der Waals surface area contributed by atoms with Crippen molar-refractivity contribution in [3.63, 3.8) is 0 Å². The maximum absolute atomic E-state index is 12.4. The fourth-order valence-electron chi connectivity index (χ4n) is 1.81. The van der Waals surface area contributed by atoms with Crippen LogP contribution < -0.4 is 5.73 Å². The van der Waals surface area contributed by atoms with Crippen LogP contribution in [0.1, 0.15) is 0 Å². The Bertz CT molecular complexity index is 835. The Hall–Kier alpha value is -2.12. The summed E-state index contributed by atoms with van der Waals surface area (Å²) < 4.78 is 26.0. The van der Waals surface area contributed by atoms with Gasteiger partial charge in [0, 0.05) is 23.3 Å². The average molecular weight is 305 g/mol. The number of nitrogens with two attached hydrogens (primary N) is 1. The number of rotatable bonds is 3. The van der Waals surface area contributed by atoms with Crippen molar-refractivity contribution in [3.05, 3.63) is 54.2 Å². The van der Waals surface area contributed by atoms with E-state index < -0.39 is 10.0 Å². The van der Waals surface area contributed by atoms with Crippen LogP contribution in [0, 0.1) is 0 Å². The lowest BCUT2D eigenvalue weighted by atomic mass is 10.3. The molecule has 0 atom stereocenters. The van der Waals surface area contributed by atoms with Crippen molar-refractivity contribution in [1.82, 2.24) is 8.96 Å². The predicted octanol–water partition coefficient (Wildman–Crippen LogP) is 2.43. The molecular formula is C13H11N3O2S2. The third-order valence-corrected chi connectivity index (χ3v) is 5.13. The van der Waals surface area contributed by atoms with Crippen LogP contribution in [-0.4, -0.2) is 17.4 Å².